The molecule has 1 aliphatic carbocycles. The standard InChI is InChI=1S/C13H17FN2O3S/c1-7-6-8(14)2-3-10(7)20(17,18)16-12-11(15)9-4-5-19-13(9)12/h2-3,6,9,11-13,16H,4-5,15H2,1H3. The Morgan fingerprint density at radius 1 is 1.45 bits per heavy atom. The molecule has 4 unspecified atom stereocenters. The van der Waals surface area contributed by atoms with Crippen molar-refractivity contribution in [3.63, 3.8) is 0 Å². The van der Waals surface area contributed by atoms with Crippen molar-refractivity contribution >= 4 is 10.0 Å². The number of hydrogen-bond donors (Lipinski definition) is 2. The number of hydrogen-bond acceptors (Lipinski definition) is 4. The SMILES string of the molecule is Cc1cc(F)ccc1S(=O)(=O)NC1C(N)C2CCOC21. The Morgan fingerprint density at radius 3 is 2.90 bits per heavy atom. The maximum Gasteiger partial charge on any atom is 0.241 e. The van der Waals surface area contributed by atoms with E-state index in [0.29, 0.717) is 12.2 Å². The summed E-state index contributed by atoms with van der Waals surface area (Å²) in [6, 6.07) is 2.97. The second-order valence-electron chi connectivity index (χ2n) is 5.42. The number of aryl methyl sites for hydroxylation is 1. The molecule has 0 amide bonds. The Balaban J connectivity index is 1.82. The molecule has 1 saturated heterocycles. The highest BCUT2D eigenvalue weighted by molar-refractivity contribution is 7.89. The molecular formula is C13H17FN2O3S. The van der Waals surface area contributed by atoms with Gasteiger partial charge in [0, 0.05) is 18.6 Å². The van der Waals surface area contributed by atoms with Crippen molar-refractivity contribution in [3.8, 4) is 0 Å². The van der Waals surface area contributed by atoms with E-state index in [1.807, 2.05) is 0 Å². The van der Waals surface area contributed by atoms with E-state index in [9.17, 15) is 12.8 Å². The summed E-state index contributed by atoms with van der Waals surface area (Å²) < 4.78 is 45.9. The van der Waals surface area contributed by atoms with Crippen molar-refractivity contribution in [2.45, 2.75) is 36.4 Å². The first-order valence-corrected chi connectivity index (χ1v) is 8.04. The van der Waals surface area contributed by atoms with Crippen LogP contribution in [-0.4, -0.2) is 33.2 Å². The van der Waals surface area contributed by atoms with Crippen molar-refractivity contribution in [1.82, 2.24) is 4.72 Å². The first-order valence-electron chi connectivity index (χ1n) is 6.56. The number of benzene rings is 1. The Bertz CT molecular complexity index is 635. The van der Waals surface area contributed by atoms with E-state index < -0.39 is 21.9 Å². The maximum atomic E-state index is 13.1. The molecule has 2 fully saturated rings. The van der Waals surface area contributed by atoms with E-state index in [0.717, 1.165) is 12.5 Å². The van der Waals surface area contributed by atoms with Gasteiger partial charge in [0.05, 0.1) is 17.0 Å². The van der Waals surface area contributed by atoms with Crippen LogP contribution in [0, 0.1) is 18.7 Å². The maximum absolute atomic E-state index is 13.1. The van der Waals surface area contributed by atoms with Crippen LogP contribution in [-0.2, 0) is 14.8 Å². The van der Waals surface area contributed by atoms with Gasteiger partial charge in [-0.3, -0.25) is 0 Å². The van der Waals surface area contributed by atoms with E-state index >= 15 is 0 Å². The van der Waals surface area contributed by atoms with Crippen LogP contribution >= 0.6 is 0 Å². The lowest BCUT2D eigenvalue weighted by atomic mass is 9.73. The minimum Gasteiger partial charge on any atom is -0.376 e. The molecule has 1 aromatic carbocycles. The Labute approximate surface area is 117 Å². The van der Waals surface area contributed by atoms with Crippen LogP contribution in [0.25, 0.3) is 0 Å². The molecule has 5 nitrogen and oxygen atoms in total. The lowest BCUT2D eigenvalue weighted by Crippen LogP contribution is -2.68. The van der Waals surface area contributed by atoms with Crippen LogP contribution < -0.4 is 10.5 Å². The van der Waals surface area contributed by atoms with Crippen LogP contribution in [0.2, 0.25) is 0 Å². The summed E-state index contributed by atoms with van der Waals surface area (Å²) >= 11 is 0. The van der Waals surface area contributed by atoms with E-state index in [1.54, 1.807) is 6.92 Å². The van der Waals surface area contributed by atoms with Crippen molar-refractivity contribution < 1.29 is 17.5 Å². The fraction of sp³-hybridized carbons (Fsp3) is 0.538. The van der Waals surface area contributed by atoms with Gasteiger partial charge in [0.25, 0.3) is 0 Å². The van der Waals surface area contributed by atoms with Gasteiger partial charge in [-0.15, -0.1) is 0 Å². The summed E-state index contributed by atoms with van der Waals surface area (Å²) in [6.45, 7) is 2.18. The molecule has 110 valence electrons. The molecule has 1 heterocycles. The van der Waals surface area contributed by atoms with Gasteiger partial charge in [0.2, 0.25) is 10.0 Å². The summed E-state index contributed by atoms with van der Waals surface area (Å²) in [6.07, 6.45) is 0.736. The van der Waals surface area contributed by atoms with E-state index in [4.69, 9.17) is 10.5 Å². The summed E-state index contributed by atoms with van der Waals surface area (Å²) in [4.78, 5) is 0.0764. The van der Waals surface area contributed by atoms with Gasteiger partial charge in [-0.1, -0.05) is 0 Å². The molecule has 2 aliphatic rings. The number of fused-ring (bicyclic) bond motifs is 1. The highest BCUT2D eigenvalue weighted by atomic mass is 32.2. The molecule has 3 N–H and O–H groups in total. The largest absolute Gasteiger partial charge is 0.376 e. The second kappa shape index (κ2) is 4.77. The monoisotopic (exact) mass is 300 g/mol. The van der Waals surface area contributed by atoms with Crippen molar-refractivity contribution in [2.75, 3.05) is 6.61 Å². The third-order valence-corrected chi connectivity index (χ3v) is 5.78. The molecule has 0 radical (unpaired) electrons. The van der Waals surface area contributed by atoms with Crippen LogP contribution in [0.15, 0.2) is 23.1 Å². The molecule has 4 atom stereocenters. The third kappa shape index (κ3) is 2.14. The molecular weight excluding hydrogens is 283 g/mol. The summed E-state index contributed by atoms with van der Waals surface area (Å²) in [5.41, 5.74) is 6.36. The second-order valence-corrected chi connectivity index (χ2v) is 7.10. The predicted molar refractivity (Wildman–Crippen MR) is 71.1 cm³/mol. The third-order valence-electron chi connectivity index (χ3n) is 4.16. The minimum atomic E-state index is -3.72. The first kappa shape index (κ1) is 13.9. The van der Waals surface area contributed by atoms with Gasteiger partial charge in [0.1, 0.15) is 5.82 Å². The fourth-order valence-corrected chi connectivity index (χ4v) is 4.56. The number of halogens is 1. The van der Waals surface area contributed by atoms with Gasteiger partial charge in [-0.2, -0.15) is 0 Å². The highest BCUT2D eigenvalue weighted by Gasteiger charge is 2.53. The molecule has 1 saturated carbocycles. The van der Waals surface area contributed by atoms with Crippen LogP contribution in [0.3, 0.4) is 0 Å². The van der Waals surface area contributed by atoms with Crippen molar-refractivity contribution in [3.05, 3.63) is 29.6 Å². The topological polar surface area (TPSA) is 81.4 Å². The summed E-state index contributed by atoms with van der Waals surface area (Å²) in [5, 5.41) is 0. The highest BCUT2D eigenvalue weighted by Crippen LogP contribution is 2.38. The van der Waals surface area contributed by atoms with E-state index in [-0.39, 0.29) is 23.0 Å². The average Bonchev–Trinajstić information content (AvgIpc) is 2.80. The van der Waals surface area contributed by atoms with Crippen molar-refractivity contribution in [2.24, 2.45) is 11.7 Å². The van der Waals surface area contributed by atoms with Crippen molar-refractivity contribution in [1.29, 1.82) is 0 Å². The Hall–Kier alpha value is -1.02. The number of nitrogens with one attached hydrogen (secondary N) is 1. The number of ether oxygens (including phenoxy) is 1. The zero-order valence-corrected chi connectivity index (χ0v) is 11.9. The quantitative estimate of drug-likeness (QED) is 0.853. The molecule has 7 heteroatoms. The van der Waals surface area contributed by atoms with Crippen LogP contribution in [0.4, 0.5) is 4.39 Å². The van der Waals surface area contributed by atoms with Crippen LogP contribution in [0.1, 0.15) is 12.0 Å². The number of rotatable bonds is 3. The smallest absolute Gasteiger partial charge is 0.241 e. The van der Waals surface area contributed by atoms with Gasteiger partial charge in [-0.05, 0) is 37.1 Å². The molecule has 0 spiro atoms. The molecule has 1 aromatic rings. The van der Waals surface area contributed by atoms with Crippen LogP contribution in [0.5, 0.6) is 0 Å². The predicted octanol–water partition coefficient (Wildman–Crippen LogP) is 0.527. The lowest BCUT2D eigenvalue weighted by Gasteiger charge is -2.45. The summed E-state index contributed by atoms with van der Waals surface area (Å²) in [7, 11) is -3.72. The lowest BCUT2D eigenvalue weighted by molar-refractivity contribution is -0.00924. The van der Waals surface area contributed by atoms with Gasteiger partial charge >= 0.3 is 0 Å². The average molecular weight is 300 g/mol. The normalized spacial score (nSPS) is 32.8. The molecule has 20 heavy (non-hydrogen) atoms. The van der Waals surface area contributed by atoms with Gasteiger partial charge < -0.3 is 10.5 Å². The molecule has 0 bridgehead atoms. The van der Waals surface area contributed by atoms with Gasteiger partial charge in [0.15, 0.2) is 0 Å². The first-order chi connectivity index (χ1) is 9.40. The fourth-order valence-electron chi connectivity index (χ4n) is 3.05. The van der Waals surface area contributed by atoms with E-state index in [1.165, 1.54) is 12.1 Å². The Kier molecular flexibility index (Phi) is 3.32. The molecule has 3 rings (SSSR count). The Morgan fingerprint density at radius 2 is 2.20 bits per heavy atom. The van der Waals surface area contributed by atoms with E-state index in [2.05, 4.69) is 4.72 Å². The zero-order valence-electron chi connectivity index (χ0n) is 11.0. The van der Waals surface area contributed by atoms with Gasteiger partial charge in [-0.25, -0.2) is 17.5 Å². The minimum absolute atomic E-state index is 0.0764. The number of sulfonamides is 1. The number of nitrogens with two attached hydrogens (primary N) is 1. The zero-order chi connectivity index (χ0) is 14.5. The molecule has 0 aromatic heterocycles. The molecule has 1 aliphatic heterocycles. The summed E-state index contributed by atoms with van der Waals surface area (Å²) in [5.74, 6) is -0.224.